The molecular weight excluding hydrogens is 646 g/mol. The highest BCUT2D eigenvalue weighted by Crippen LogP contribution is 2.39. The standard InChI is InChI=1S/C41H54ClN5O3/c1-8-40(3,4)31-17-19-35(33(28-31)41(5,6)9-2)50-26-12-15-37(48)46(32-13-10-11-14-32)24-25-47-39(30-16-18-36(49-7)34(42)27-30)44-38(45-47)29-20-22-43-23-21-29/h16-23,27-28,32H,8-15,24-26H2,1-7H3. The third-order valence-corrected chi connectivity index (χ3v) is 11.0. The molecule has 1 fully saturated rings. The van der Waals surface area contributed by atoms with Crippen LogP contribution in [-0.4, -0.2) is 56.9 Å². The highest BCUT2D eigenvalue weighted by molar-refractivity contribution is 6.32. The third kappa shape index (κ3) is 8.68. The van der Waals surface area contributed by atoms with Gasteiger partial charge in [0.2, 0.25) is 5.91 Å². The molecule has 268 valence electrons. The van der Waals surface area contributed by atoms with Crippen molar-refractivity contribution in [1.82, 2.24) is 24.6 Å². The van der Waals surface area contributed by atoms with Crippen molar-refractivity contribution >= 4 is 17.5 Å². The summed E-state index contributed by atoms with van der Waals surface area (Å²) >= 11 is 6.53. The molecule has 4 aromatic rings. The van der Waals surface area contributed by atoms with Gasteiger partial charge in [-0.3, -0.25) is 9.78 Å². The number of methoxy groups -OCH3 is 1. The summed E-state index contributed by atoms with van der Waals surface area (Å²) in [6, 6.07) is 16.3. The molecule has 0 N–H and O–H groups in total. The van der Waals surface area contributed by atoms with Crippen LogP contribution in [0.25, 0.3) is 22.8 Å². The number of carbonyl (C=O) groups excluding carboxylic acids is 1. The van der Waals surface area contributed by atoms with E-state index in [2.05, 4.69) is 69.6 Å². The van der Waals surface area contributed by atoms with Crippen LogP contribution in [0.4, 0.5) is 0 Å². The zero-order chi connectivity index (χ0) is 35.9. The van der Waals surface area contributed by atoms with Crippen molar-refractivity contribution in [1.29, 1.82) is 0 Å². The van der Waals surface area contributed by atoms with Gasteiger partial charge in [0.15, 0.2) is 11.6 Å². The lowest BCUT2D eigenvalue weighted by molar-refractivity contribution is -0.133. The van der Waals surface area contributed by atoms with Gasteiger partial charge >= 0.3 is 0 Å². The molecule has 2 heterocycles. The van der Waals surface area contributed by atoms with Crippen molar-refractivity contribution in [2.45, 2.75) is 116 Å². The second kappa shape index (κ2) is 16.4. The molecule has 2 aromatic heterocycles. The summed E-state index contributed by atoms with van der Waals surface area (Å²) in [5.41, 5.74) is 4.37. The quantitative estimate of drug-likeness (QED) is 0.108. The lowest BCUT2D eigenvalue weighted by Gasteiger charge is -2.31. The first-order chi connectivity index (χ1) is 24.0. The van der Waals surface area contributed by atoms with Crippen LogP contribution in [0.3, 0.4) is 0 Å². The number of pyridine rings is 1. The van der Waals surface area contributed by atoms with Crippen LogP contribution in [0.2, 0.25) is 5.02 Å². The van der Waals surface area contributed by atoms with Gasteiger partial charge in [-0.2, -0.15) is 5.10 Å². The summed E-state index contributed by atoms with van der Waals surface area (Å²) in [4.78, 5) is 25.1. The van der Waals surface area contributed by atoms with E-state index in [9.17, 15) is 4.79 Å². The predicted octanol–water partition coefficient (Wildman–Crippen LogP) is 9.67. The monoisotopic (exact) mass is 699 g/mol. The maximum atomic E-state index is 13.9. The average molecular weight is 700 g/mol. The molecule has 9 heteroatoms. The molecule has 0 unspecified atom stereocenters. The van der Waals surface area contributed by atoms with Crippen molar-refractivity contribution in [3.05, 3.63) is 77.1 Å². The van der Waals surface area contributed by atoms with E-state index >= 15 is 0 Å². The van der Waals surface area contributed by atoms with Gasteiger partial charge in [-0.25, -0.2) is 9.67 Å². The van der Waals surface area contributed by atoms with Crippen molar-refractivity contribution in [2.24, 2.45) is 0 Å². The fourth-order valence-electron chi connectivity index (χ4n) is 6.62. The summed E-state index contributed by atoms with van der Waals surface area (Å²) in [6.07, 6.45) is 11.0. The molecular formula is C41H54ClN5O3. The molecule has 0 atom stereocenters. The van der Waals surface area contributed by atoms with E-state index in [1.165, 1.54) is 11.1 Å². The number of rotatable bonds is 16. The first-order valence-electron chi connectivity index (χ1n) is 18.2. The number of benzene rings is 2. The number of nitrogens with zero attached hydrogens (tertiary/aromatic N) is 5. The van der Waals surface area contributed by atoms with Crippen LogP contribution >= 0.6 is 11.6 Å². The largest absolute Gasteiger partial charge is 0.495 e. The fourth-order valence-corrected chi connectivity index (χ4v) is 6.88. The Labute approximate surface area is 303 Å². The molecule has 0 aliphatic heterocycles. The first kappa shape index (κ1) is 37.3. The molecule has 1 saturated carbocycles. The number of hydrogen-bond donors (Lipinski definition) is 0. The van der Waals surface area contributed by atoms with Crippen LogP contribution in [0.5, 0.6) is 11.5 Å². The third-order valence-electron chi connectivity index (χ3n) is 10.7. The minimum atomic E-state index is -0.0150. The number of hydrogen-bond acceptors (Lipinski definition) is 6. The summed E-state index contributed by atoms with van der Waals surface area (Å²) in [7, 11) is 1.60. The van der Waals surface area contributed by atoms with Gasteiger partial charge < -0.3 is 14.4 Å². The van der Waals surface area contributed by atoms with E-state index in [1.807, 2.05) is 35.0 Å². The Morgan fingerprint density at radius 1 is 0.940 bits per heavy atom. The van der Waals surface area contributed by atoms with E-state index < -0.39 is 0 Å². The summed E-state index contributed by atoms with van der Waals surface area (Å²) in [6.45, 7) is 15.2. The number of ether oxygens (including phenoxy) is 2. The molecule has 0 spiro atoms. The number of aromatic nitrogens is 4. The van der Waals surface area contributed by atoms with E-state index in [0.29, 0.717) is 55.0 Å². The molecule has 1 amide bonds. The molecule has 5 rings (SSSR count). The maximum Gasteiger partial charge on any atom is 0.223 e. The van der Waals surface area contributed by atoms with Crippen LogP contribution < -0.4 is 9.47 Å². The molecule has 1 aliphatic carbocycles. The maximum absolute atomic E-state index is 13.9. The SMILES string of the molecule is CCC(C)(C)c1ccc(OCCCC(=O)N(CCn2nc(-c3ccncc3)nc2-c2ccc(OC)c(Cl)c2)C2CCCC2)c(C(C)(C)CC)c1. The van der Waals surface area contributed by atoms with Crippen LogP contribution in [-0.2, 0) is 22.2 Å². The fraction of sp³-hybridized carbons (Fsp3) is 0.512. The zero-order valence-electron chi connectivity index (χ0n) is 31.0. The Hall–Kier alpha value is -3.91. The van der Waals surface area contributed by atoms with Gasteiger partial charge in [-0.15, -0.1) is 0 Å². The molecule has 2 aromatic carbocycles. The van der Waals surface area contributed by atoms with Crippen molar-refractivity contribution < 1.29 is 14.3 Å². The number of carbonyl (C=O) groups is 1. The first-order valence-corrected chi connectivity index (χ1v) is 18.6. The molecule has 0 bridgehead atoms. The van der Waals surface area contributed by atoms with Crippen LogP contribution in [0.15, 0.2) is 60.9 Å². The van der Waals surface area contributed by atoms with Crippen molar-refractivity contribution in [3.63, 3.8) is 0 Å². The minimum Gasteiger partial charge on any atom is -0.495 e. The van der Waals surface area contributed by atoms with Crippen LogP contribution in [0.1, 0.15) is 104 Å². The van der Waals surface area contributed by atoms with Gasteiger partial charge in [-0.1, -0.05) is 78.1 Å². The Bertz CT molecular complexity index is 1730. The Balaban J connectivity index is 1.30. The van der Waals surface area contributed by atoms with E-state index in [0.717, 1.165) is 55.4 Å². The van der Waals surface area contributed by atoms with Gasteiger partial charge in [0, 0.05) is 48.1 Å². The van der Waals surface area contributed by atoms with Gasteiger partial charge in [0.1, 0.15) is 11.5 Å². The summed E-state index contributed by atoms with van der Waals surface area (Å²) in [5.74, 6) is 2.98. The van der Waals surface area contributed by atoms with Gasteiger partial charge in [-0.05, 0) is 84.9 Å². The number of halogens is 1. The Morgan fingerprint density at radius 3 is 2.30 bits per heavy atom. The highest BCUT2D eigenvalue weighted by Gasteiger charge is 2.29. The van der Waals surface area contributed by atoms with Gasteiger partial charge in [0.25, 0.3) is 0 Å². The highest BCUT2D eigenvalue weighted by atomic mass is 35.5. The molecule has 0 radical (unpaired) electrons. The van der Waals surface area contributed by atoms with E-state index in [4.69, 9.17) is 31.2 Å². The predicted molar refractivity (Wildman–Crippen MR) is 202 cm³/mol. The number of amides is 1. The minimum absolute atomic E-state index is 0.0150. The van der Waals surface area contributed by atoms with E-state index in [-0.39, 0.29) is 22.8 Å². The molecule has 8 nitrogen and oxygen atoms in total. The summed E-state index contributed by atoms with van der Waals surface area (Å²) in [5, 5.41) is 5.40. The Morgan fingerprint density at radius 2 is 1.64 bits per heavy atom. The average Bonchev–Trinajstić information content (AvgIpc) is 3.82. The lowest BCUT2D eigenvalue weighted by atomic mass is 9.76. The molecule has 1 aliphatic rings. The van der Waals surface area contributed by atoms with Crippen molar-refractivity contribution in [2.75, 3.05) is 20.3 Å². The zero-order valence-corrected chi connectivity index (χ0v) is 31.7. The Kier molecular flexibility index (Phi) is 12.3. The van der Waals surface area contributed by atoms with Gasteiger partial charge in [0.05, 0.1) is 25.3 Å². The second-order valence-electron chi connectivity index (χ2n) is 14.7. The summed E-state index contributed by atoms with van der Waals surface area (Å²) < 4.78 is 13.7. The molecule has 0 saturated heterocycles. The molecule has 50 heavy (non-hydrogen) atoms. The van der Waals surface area contributed by atoms with Crippen LogP contribution in [0, 0.1) is 0 Å². The lowest BCUT2D eigenvalue weighted by Crippen LogP contribution is -2.41. The van der Waals surface area contributed by atoms with Crippen molar-refractivity contribution in [3.8, 4) is 34.3 Å². The topological polar surface area (TPSA) is 82.4 Å². The second-order valence-corrected chi connectivity index (χ2v) is 15.1. The smallest absolute Gasteiger partial charge is 0.223 e. The van der Waals surface area contributed by atoms with E-state index in [1.54, 1.807) is 19.5 Å². The normalized spacial score (nSPS) is 13.8.